The van der Waals surface area contributed by atoms with Crippen molar-refractivity contribution in [2.24, 2.45) is 11.7 Å². The van der Waals surface area contributed by atoms with Gasteiger partial charge >= 0.3 is 11.7 Å². The zero-order chi connectivity index (χ0) is 29.6. The van der Waals surface area contributed by atoms with Gasteiger partial charge in [0.05, 0.1) is 24.1 Å². The number of rotatable bonds is 6. The molecule has 2 heterocycles. The largest absolute Gasteiger partial charge is 0.367 e. The van der Waals surface area contributed by atoms with Gasteiger partial charge in [0.2, 0.25) is 0 Å². The Morgan fingerprint density at radius 2 is 1.88 bits per heavy atom. The first-order chi connectivity index (χ1) is 19.5. The zero-order valence-corrected chi connectivity index (χ0v) is 22.4. The lowest BCUT2D eigenvalue weighted by Crippen LogP contribution is -2.58. The van der Waals surface area contributed by atoms with Crippen LogP contribution >= 0.6 is 0 Å². The Hall–Kier alpha value is -4.57. The zero-order valence-electron chi connectivity index (χ0n) is 22.4. The number of ether oxygens (including phenoxy) is 1. The molecule has 2 aliphatic rings. The number of hydrogen-bond donors (Lipinski definition) is 2. The van der Waals surface area contributed by atoms with Gasteiger partial charge in [0.1, 0.15) is 23.3 Å². The van der Waals surface area contributed by atoms with Crippen molar-refractivity contribution in [3.05, 3.63) is 73.9 Å². The van der Waals surface area contributed by atoms with E-state index in [0.717, 1.165) is 25.0 Å². The van der Waals surface area contributed by atoms with Gasteiger partial charge in [-0.3, -0.25) is 18.7 Å². The number of morpholine rings is 1. The van der Waals surface area contributed by atoms with Gasteiger partial charge in [0.15, 0.2) is 5.60 Å². The number of urea groups is 1. The molecular formula is C28H28F2N6O5. The van der Waals surface area contributed by atoms with Crippen LogP contribution in [0, 0.1) is 28.9 Å². The SMILES string of the molecule is CC(C)n1c(=O)n(CC2CC2)c(=O)c2cc(NC(=O)N3CCOC(C(N)=O)(c4cc(F)c(C#N)c(F)c4)C3)ccc21. The fourth-order valence-electron chi connectivity index (χ4n) is 5.16. The molecule has 1 saturated carbocycles. The van der Waals surface area contributed by atoms with Crippen LogP contribution in [0.5, 0.6) is 0 Å². The number of amides is 3. The van der Waals surface area contributed by atoms with E-state index in [0.29, 0.717) is 12.1 Å². The highest BCUT2D eigenvalue weighted by Crippen LogP contribution is 2.33. The number of halogens is 2. The van der Waals surface area contributed by atoms with Gasteiger partial charge in [-0.05, 0) is 62.9 Å². The van der Waals surface area contributed by atoms with Gasteiger partial charge in [-0.15, -0.1) is 0 Å². The highest BCUT2D eigenvalue weighted by molar-refractivity contribution is 5.94. The number of primary amides is 1. The Labute approximate surface area is 232 Å². The molecule has 3 aromatic rings. The second-order valence-electron chi connectivity index (χ2n) is 10.7. The van der Waals surface area contributed by atoms with Gasteiger partial charge in [-0.1, -0.05) is 0 Å². The van der Waals surface area contributed by atoms with Crippen molar-refractivity contribution in [2.45, 2.75) is 44.9 Å². The third-order valence-electron chi connectivity index (χ3n) is 7.50. The number of fused-ring (bicyclic) bond motifs is 1. The monoisotopic (exact) mass is 566 g/mol. The Morgan fingerprint density at radius 1 is 1.20 bits per heavy atom. The van der Waals surface area contributed by atoms with Gasteiger partial charge in [-0.25, -0.2) is 18.4 Å². The molecule has 2 aromatic carbocycles. The van der Waals surface area contributed by atoms with Gasteiger partial charge in [0.25, 0.3) is 11.5 Å². The van der Waals surface area contributed by atoms with Gasteiger partial charge < -0.3 is 20.7 Å². The molecule has 3 amide bonds. The quantitative estimate of drug-likeness (QED) is 0.468. The normalized spacial score (nSPS) is 18.9. The summed E-state index contributed by atoms with van der Waals surface area (Å²) in [5.41, 5.74) is 2.30. The lowest BCUT2D eigenvalue weighted by atomic mass is 9.89. The van der Waals surface area contributed by atoms with E-state index in [-0.39, 0.29) is 47.4 Å². The first kappa shape index (κ1) is 28.0. The molecule has 13 heteroatoms. The minimum atomic E-state index is -2.07. The number of anilines is 1. The fourth-order valence-corrected chi connectivity index (χ4v) is 5.16. The number of nitrogens with two attached hydrogens (primary N) is 1. The van der Waals surface area contributed by atoms with Crippen LogP contribution in [-0.2, 0) is 21.7 Å². The number of nitriles is 1. The number of nitrogens with zero attached hydrogens (tertiary/aromatic N) is 4. The van der Waals surface area contributed by atoms with Gasteiger partial charge in [-0.2, -0.15) is 5.26 Å². The highest BCUT2D eigenvalue weighted by Gasteiger charge is 2.46. The molecule has 1 atom stereocenters. The summed E-state index contributed by atoms with van der Waals surface area (Å²) in [5, 5.41) is 11.9. The lowest BCUT2D eigenvalue weighted by molar-refractivity contribution is -0.155. The summed E-state index contributed by atoms with van der Waals surface area (Å²) in [6, 6.07) is 6.72. The van der Waals surface area contributed by atoms with Crippen molar-refractivity contribution in [2.75, 3.05) is 25.0 Å². The van der Waals surface area contributed by atoms with Crippen LogP contribution in [-0.4, -0.2) is 45.7 Å². The molecule has 214 valence electrons. The topological polar surface area (TPSA) is 152 Å². The smallest absolute Gasteiger partial charge is 0.331 e. The van der Waals surface area contributed by atoms with Crippen molar-refractivity contribution in [3.8, 4) is 6.07 Å². The van der Waals surface area contributed by atoms with Crippen molar-refractivity contribution < 1.29 is 23.1 Å². The molecule has 1 saturated heterocycles. The average Bonchev–Trinajstić information content (AvgIpc) is 3.75. The molecule has 11 nitrogen and oxygen atoms in total. The maximum atomic E-state index is 14.4. The van der Waals surface area contributed by atoms with Crippen molar-refractivity contribution in [3.63, 3.8) is 0 Å². The van der Waals surface area contributed by atoms with Crippen LogP contribution in [0.1, 0.15) is 43.9 Å². The Bertz CT molecular complexity index is 1720. The third kappa shape index (κ3) is 4.95. The molecule has 1 aliphatic carbocycles. The van der Waals surface area contributed by atoms with Crippen molar-refractivity contribution in [1.82, 2.24) is 14.0 Å². The van der Waals surface area contributed by atoms with Crippen LogP contribution in [0.3, 0.4) is 0 Å². The summed E-state index contributed by atoms with van der Waals surface area (Å²) in [5.74, 6) is -3.19. The van der Waals surface area contributed by atoms with Crippen LogP contribution in [0.2, 0.25) is 0 Å². The van der Waals surface area contributed by atoms with Crippen LogP contribution in [0.4, 0.5) is 19.3 Å². The molecule has 0 spiro atoms. The second kappa shape index (κ2) is 10.4. The molecule has 41 heavy (non-hydrogen) atoms. The van der Waals surface area contributed by atoms with Crippen molar-refractivity contribution >= 4 is 28.5 Å². The number of benzene rings is 2. The van der Waals surface area contributed by atoms with Crippen molar-refractivity contribution in [1.29, 1.82) is 5.26 Å². The summed E-state index contributed by atoms with van der Waals surface area (Å²) in [7, 11) is 0. The lowest BCUT2D eigenvalue weighted by Gasteiger charge is -2.40. The van der Waals surface area contributed by atoms with E-state index in [1.807, 2.05) is 13.8 Å². The number of hydrogen-bond acceptors (Lipinski definition) is 6. The van der Waals surface area contributed by atoms with E-state index in [2.05, 4.69) is 5.32 Å². The van der Waals surface area contributed by atoms with Gasteiger partial charge in [0, 0.05) is 30.4 Å². The van der Waals surface area contributed by atoms with E-state index in [9.17, 15) is 28.0 Å². The molecule has 1 aliphatic heterocycles. The van der Waals surface area contributed by atoms with E-state index in [1.54, 1.807) is 16.7 Å². The maximum Gasteiger partial charge on any atom is 0.331 e. The molecule has 5 rings (SSSR count). The molecule has 0 bridgehead atoms. The highest BCUT2D eigenvalue weighted by atomic mass is 19.1. The van der Waals surface area contributed by atoms with Crippen LogP contribution in [0.15, 0.2) is 39.9 Å². The van der Waals surface area contributed by atoms with E-state index < -0.39 is 46.8 Å². The standard InChI is InChI=1S/C28H28F2N6O5/c1-15(2)36-23-6-5-18(11-19(23)24(37)35(27(36)40)13-16-3-4-16)33-26(39)34-7-8-41-28(14-34,25(32)38)17-9-21(29)20(12-31)22(30)10-17/h5-6,9-11,15-16H,3-4,7-8,13-14H2,1-2H3,(H2,32,38)(H,33,39). The van der Waals surface area contributed by atoms with Crippen LogP contribution < -0.4 is 22.3 Å². The second-order valence-corrected chi connectivity index (χ2v) is 10.7. The predicted octanol–water partition coefficient (Wildman–Crippen LogP) is 2.55. The van der Waals surface area contributed by atoms with E-state index in [1.165, 1.54) is 21.6 Å². The predicted molar refractivity (Wildman–Crippen MR) is 144 cm³/mol. The Balaban J connectivity index is 1.47. The first-order valence-electron chi connectivity index (χ1n) is 13.2. The maximum absolute atomic E-state index is 14.4. The summed E-state index contributed by atoms with van der Waals surface area (Å²) in [4.78, 5) is 53.5. The van der Waals surface area contributed by atoms with Crippen LogP contribution in [0.25, 0.3) is 10.9 Å². The van der Waals surface area contributed by atoms with E-state index >= 15 is 0 Å². The summed E-state index contributed by atoms with van der Waals surface area (Å²) >= 11 is 0. The molecule has 3 N–H and O–H groups in total. The fraction of sp³-hybridized carbons (Fsp3) is 0.393. The average molecular weight is 567 g/mol. The molecule has 1 aromatic heterocycles. The molecule has 2 fully saturated rings. The third-order valence-corrected chi connectivity index (χ3v) is 7.50. The Morgan fingerprint density at radius 3 is 2.46 bits per heavy atom. The molecule has 0 radical (unpaired) electrons. The first-order valence-corrected chi connectivity index (χ1v) is 13.2. The number of nitrogens with one attached hydrogen (secondary N) is 1. The minimum Gasteiger partial charge on any atom is -0.367 e. The number of aromatic nitrogens is 2. The number of carbonyl (C=O) groups excluding carboxylic acids is 2. The van der Waals surface area contributed by atoms with E-state index in [4.69, 9.17) is 15.7 Å². The minimum absolute atomic E-state index is 0.0246. The Kier molecular flexibility index (Phi) is 7.12. The molecule has 1 unspecified atom stereocenters. The summed E-state index contributed by atoms with van der Waals surface area (Å²) in [6.07, 6.45) is 1.91. The molecular weight excluding hydrogens is 538 g/mol. The number of carbonyl (C=O) groups is 2. The summed E-state index contributed by atoms with van der Waals surface area (Å²) < 4.78 is 37.2. The summed E-state index contributed by atoms with van der Waals surface area (Å²) in [6.45, 7) is 3.40.